The molecule has 2 N–H and O–H groups in total. The Labute approximate surface area is 162 Å². The van der Waals surface area contributed by atoms with Gasteiger partial charge in [-0.2, -0.15) is 0 Å². The Bertz CT molecular complexity index is 1050. The molecule has 4 rings (SSSR count). The van der Waals surface area contributed by atoms with Crippen molar-refractivity contribution >= 4 is 0 Å². The quantitative estimate of drug-likeness (QED) is 0.430. The van der Waals surface area contributed by atoms with Crippen molar-refractivity contribution in [2.24, 2.45) is 0 Å². The van der Waals surface area contributed by atoms with Crippen molar-refractivity contribution < 1.29 is 19.7 Å². The number of benzene rings is 4. The zero-order chi connectivity index (χ0) is 19.3. The maximum absolute atomic E-state index is 9.49. The van der Waals surface area contributed by atoms with E-state index in [0.717, 1.165) is 16.9 Å². The summed E-state index contributed by atoms with van der Waals surface area (Å²) in [5, 5.41) is 18.9. The molecule has 4 nitrogen and oxygen atoms in total. The minimum absolute atomic E-state index is 0.160. The number of rotatable bonds is 5. The first-order chi connectivity index (χ1) is 13.7. The molecule has 0 aromatic heterocycles. The fourth-order valence-corrected chi connectivity index (χ4v) is 2.76. The van der Waals surface area contributed by atoms with Crippen molar-refractivity contribution in [3.63, 3.8) is 0 Å². The maximum atomic E-state index is 9.49. The Morgan fingerprint density at radius 2 is 0.893 bits per heavy atom. The van der Waals surface area contributed by atoms with Gasteiger partial charge in [-0.05, 0) is 71.8 Å². The minimum Gasteiger partial charge on any atom is -0.508 e. The lowest BCUT2D eigenvalue weighted by molar-refractivity contribution is 0.452. The molecule has 0 fully saturated rings. The first-order valence-electron chi connectivity index (χ1n) is 8.80. The lowest BCUT2D eigenvalue weighted by Gasteiger charge is -2.09. The second kappa shape index (κ2) is 7.76. The molecule has 0 aliphatic heterocycles. The summed E-state index contributed by atoms with van der Waals surface area (Å²) in [6, 6.07) is 28.8. The fourth-order valence-electron chi connectivity index (χ4n) is 2.76. The van der Waals surface area contributed by atoms with Gasteiger partial charge in [-0.15, -0.1) is 0 Å². The van der Waals surface area contributed by atoms with E-state index in [4.69, 9.17) is 9.47 Å². The summed E-state index contributed by atoms with van der Waals surface area (Å²) in [5.74, 6) is 3.05. The van der Waals surface area contributed by atoms with Gasteiger partial charge in [0, 0.05) is 6.07 Å². The lowest BCUT2D eigenvalue weighted by atomic mass is 10.1. The fraction of sp³-hybridized carbons (Fsp3) is 0. The van der Waals surface area contributed by atoms with Crippen molar-refractivity contribution in [2.45, 2.75) is 0 Å². The Balaban J connectivity index is 1.42. The van der Waals surface area contributed by atoms with Crippen LogP contribution in [0, 0.1) is 0 Å². The zero-order valence-corrected chi connectivity index (χ0v) is 14.9. The van der Waals surface area contributed by atoms with Crippen LogP contribution in [0.5, 0.6) is 34.5 Å². The Kier molecular flexibility index (Phi) is 4.85. The van der Waals surface area contributed by atoms with Gasteiger partial charge in [-0.25, -0.2) is 0 Å². The summed E-state index contributed by atoms with van der Waals surface area (Å²) in [4.78, 5) is 0. The van der Waals surface area contributed by atoms with Crippen molar-refractivity contribution in [3.8, 4) is 45.6 Å². The zero-order valence-electron chi connectivity index (χ0n) is 14.9. The van der Waals surface area contributed by atoms with Crippen LogP contribution in [-0.2, 0) is 0 Å². The molecule has 0 atom stereocenters. The van der Waals surface area contributed by atoms with Crippen LogP contribution in [0.4, 0.5) is 0 Å². The summed E-state index contributed by atoms with van der Waals surface area (Å²) in [6.45, 7) is 0. The van der Waals surface area contributed by atoms with Crippen LogP contribution < -0.4 is 9.47 Å². The number of phenolic OH excluding ortho intramolecular Hbond substituents is 2. The molecule has 0 amide bonds. The number of hydrogen-bond donors (Lipinski definition) is 2. The summed E-state index contributed by atoms with van der Waals surface area (Å²) in [7, 11) is 0. The topological polar surface area (TPSA) is 58.9 Å². The largest absolute Gasteiger partial charge is 0.508 e. The van der Waals surface area contributed by atoms with E-state index >= 15 is 0 Å². The monoisotopic (exact) mass is 370 g/mol. The Morgan fingerprint density at radius 1 is 0.429 bits per heavy atom. The average Bonchev–Trinajstić information content (AvgIpc) is 2.71. The molecule has 0 aliphatic rings. The Morgan fingerprint density at radius 3 is 1.43 bits per heavy atom. The van der Waals surface area contributed by atoms with Crippen LogP contribution in [0.1, 0.15) is 0 Å². The molecule has 0 aliphatic carbocycles. The van der Waals surface area contributed by atoms with E-state index in [2.05, 4.69) is 0 Å². The van der Waals surface area contributed by atoms with Gasteiger partial charge in [0.2, 0.25) is 0 Å². The van der Waals surface area contributed by atoms with E-state index < -0.39 is 0 Å². The molecule has 0 unspecified atom stereocenters. The van der Waals surface area contributed by atoms with Crippen molar-refractivity contribution in [1.82, 2.24) is 0 Å². The number of phenols is 2. The number of aromatic hydroxyl groups is 2. The van der Waals surface area contributed by atoms with Crippen LogP contribution in [0.3, 0.4) is 0 Å². The minimum atomic E-state index is 0.160. The molecule has 28 heavy (non-hydrogen) atoms. The first-order valence-corrected chi connectivity index (χ1v) is 8.80. The second-order valence-electron chi connectivity index (χ2n) is 6.24. The summed E-state index contributed by atoms with van der Waals surface area (Å²) < 4.78 is 11.6. The molecular formula is C24H18O4. The van der Waals surface area contributed by atoms with Crippen LogP contribution >= 0.6 is 0 Å². The summed E-state index contributed by atoms with van der Waals surface area (Å²) in [6.07, 6.45) is 0. The normalized spacial score (nSPS) is 10.4. The van der Waals surface area contributed by atoms with Crippen LogP contribution in [0.25, 0.3) is 11.1 Å². The third-order valence-electron chi connectivity index (χ3n) is 4.17. The molecule has 138 valence electrons. The number of hydrogen-bond acceptors (Lipinski definition) is 4. The highest BCUT2D eigenvalue weighted by Gasteiger charge is 2.03. The average molecular weight is 370 g/mol. The van der Waals surface area contributed by atoms with Gasteiger partial charge in [0.05, 0.1) is 0 Å². The molecule has 0 saturated heterocycles. The van der Waals surface area contributed by atoms with Crippen LogP contribution in [0.15, 0.2) is 97.1 Å². The predicted molar refractivity (Wildman–Crippen MR) is 108 cm³/mol. The van der Waals surface area contributed by atoms with Crippen LogP contribution in [0.2, 0.25) is 0 Å². The SMILES string of the molecule is Oc1ccc(-c2ccc(Oc3ccc(Oc4cccc(O)c4)cc3)cc2)cc1. The third kappa shape index (κ3) is 4.24. The van der Waals surface area contributed by atoms with E-state index in [9.17, 15) is 10.2 Å². The van der Waals surface area contributed by atoms with Crippen molar-refractivity contribution in [1.29, 1.82) is 0 Å². The highest BCUT2D eigenvalue weighted by Crippen LogP contribution is 2.29. The van der Waals surface area contributed by atoms with Gasteiger partial charge >= 0.3 is 0 Å². The molecule has 4 aromatic carbocycles. The van der Waals surface area contributed by atoms with E-state index in [-0.39, 0.29) is 11.5 Å². The van der Waals surface area contributed by atoms with Gasteiger partial charge in [-0.1, -0.05) is 30.3 Å². The van der Waals surface area contributed by atoms with Gasteiger partial charge in [0.1, 0.15) is 34.5 Å². The van der Waals surface area contributed by atoms with Crippen molar-refractivity contribution in [2.75, 3.05) is 0 Å². The predicted octanol–water partition coefficient (Wildman–Crippen LogP) is 6.35. The number of ether oxygens (including phenoxy) is 2. The highest BCUT2D eigenvalue weighted by atomic mass is 16.5. The molecule has 4 heteroatoms. The van der Waals surface area contributed by atoms with Crippen LogP contribution in [-0.4, -0.2) is 10.2 Å². The smallest absolute Gasteiger partial charge is 0.131 e. The first kappa shape index (κ1) is 17.5. The van der Waals surface area contributed by atoms with Gasteiger partial charge in [-0.3, -0.25) is 0 Å². The maximum Gasteiger partial charge on any atom is 0.131 e. The third-order valence-corrected chi connectivity index (χ3v) is 4.17. The lowest BCUT2D eigenvalue weighted by Crippen LogP contribution is -1.86. The standard InChI is InChI=1S/C24H18O4/c25-19-8-4-17(5-9-19)18-6-10-21(11-7-18)27-22-12-14-23(15-13-22)28-24-3-1-2-20(26)16-24/h1-16,25-26H. The van der Waals surface area contributed by atoms with E-state index in [1.54, 1.807) is 36.4 Å². The van der Waals surface area contributed by atoms with E-state index in [0.29, 0.717) is 17.2 Å². The summed E-state index contributed by atoms with van der Waals surface area (Å²) >= 11 is 0. The van der Waals surface area contributed by atoms with E-state index in [1.165, 1.54) is 0 Å². The molecule has 0 radical (unpaired) electrons. The van der Waals surface area contributed by atoms with Gasteiger partial charge in [0.15, 0.2) is 0 Å². The molecule has 0 saturated carbocycles. The van der Waals surface area contributed by atoms with Gasteiger partial charge in [0.25, 0.3) is 0 Å². The molecule has 0 spiro atoms. The summed E-state index contributed by atoms with van der Waals surface area (Å²) in [5.41, 5.74) is 2.07. The Hall–Kier alpha value is -3.92. The molecule has 4 aromatic rings. The van der Waals surface area contributed by atoms with Crippen molar-refractivity contribution in [3.05, 3.63) is 97.1 Å². The van der Waals surface area contributed by atoms with Gasteiger partial charge < -0.3 is 19.7 Å². The highest BCUT2D eigenvalue weighted by molar-refractivity contribution is 5.64. The molecule has 0 bridgehead atoms. The molecular weight excluding hydrogens is 352 g/mol. The van der Waals surface area contributed by atoms with E-state index in [1.807, 2.05) is 60.7 Å². The second-order valence-corrected chi connectivity index (χ2v) is 6.24. The molecule has 0 heterocycles.